The zero-order chi connectivity index (χ0) is 98.2. The second-order valence-electron chi connectivity index (χ2n) is 27.7. The van der Waals surface area contributed by atoms with E-state index in [1.54, 1.807) is 0 Å². The van der Waals surface area contributed by atoms with Crippen molar-refractivity contribution in [2.75, 3.05) is 594 Å². The minimum absolute atomic E-state index is 0.316. The molecule has 138 heavy (non-hydrogen) atoms. The number of ether oxygens (including phenoxy) is 44. The molecule has 826 valence electrons. The van der Waals surface area contributed by atoms with Gasteiger partial charge in [-0.05, 0) is 5.53 Å². The first-order chi connectivity index (χ1) is 68.9. The van der Waals surface area contributed by atoms with Gasteiger partial charge in [-0.2, -0.15) is 0 Å². The van der Waals surface area contributed by atoms with Crippen LogP contribution in [-0.2, 0) is 208 Å². The largest absolute Gasteiger partial charge is 0.379 e. The Kier molecular flexibility index (Phi) is 132. The topological polar surface area (TPSA) is 481 Å². The van der Waals surface area contributed by atoms with Crippen molar-refractivity contribution in [1.29, 1.82) is 0 Å². The van der Waals surface area contributed by atoms with Gasteiger partial charge in [-0.25, -0.2) is 0 Å². The quantitative estimate of drug-likeness (QED) is 0.0384. The van der Waals surface area contributed by atoms with E-state index in [1.807, 2.05) is 0 Å². The highest BCUT2D eigenvalue weighted by Gasteiger charge is 2.06. The first-order valence-corrected chi connectivity index (χ1v) is 49.0. The predicted molar refractivity (Wildman–Crippen MR) is 499 cm³/mol. The molecule has 48 nitrogen and oxygen atoms in total. The molecule has 0 amide bonds. The molecule has 48 heteroatoms. The van der Waals surface area contributed by atoms with Crippen LogP contribution in [0.4, 0.5) is 0 Å². The van der Waals surface area contributed by atoms with Gasteiger partial charge in [0, 0.05) is 18.0 Å². The molecule has 0 saturated carbocycles. The average Bonchev–Trinajstić information content (AvgIpc) is 1.10. The van der Waals surface area contributed by atoms with Gasteiger partial charge in [0.05, 0.1) is 581 Å². The highest BCUT2D eigenvalue weighted by Crippen LogP contribution is 1.97. The molecule has 0 saturated heterocycles. The molecular formula is C90H182N4O44. The van der Waals surface area contributed by atoms with E-state index in [1.165, 1.54) is 0 Å². The highest BCUT2D eigenvalue weighted by molar-refractivity contribution is 4.50. The van der Waals surface area contributed by atoms with E-state index >= 15 is 0 Å². The fourth-order valence-electron chi connectivity index (χ4n) is 9.79. The van der Waals surface area contributed by atoms with Crippen LogP contribution < -0.4 is 5.73 Å². The van der Waals surface area contributed by atoms with Gasteiger partial charge in [-0.1, -0.05) is 5.11 Å². The predicted octanol–water partition coefficient (Wildman–Crippen LogP) is 0.986. The van der Waals surface area contributed by atoms with Crippen molar-refractivity contribution in [3.05, 3.63) is 10.4 Å². The summed E-state index contributed by atoms with van der Waals surface area (Å²) in [6.45, 7) is 42.9. The van der Waals surface area contributed by atoms with Crippen molar-refractivity contribution in [2.24, 2.45) is 10.8 Å². The molecule has 0 spiro atoms. The zero-order valence-electron chi connectivity index (χ0n) is 83.5. The Morgan fingerprint density at radius 1 is 0.101 bits per heavy atom. The second-order valence-corrected chi connectivity index (χ2v) is 27.7. The molecule has 0 atom stereocenters. The Hall–Kier alpha value is -2.49. The van der Waals surface area contributed by atoms with Crippen LogP contribution in [0.1, 0.15) is 0 Å². The molecule has 0 unspecified atom stereocenters. The lowest BCUT2D eigenvalue weighted by atomic mass is 10.6. The third kappa shape index (κ3) is 134. The number of azide groups is 1. The number of hydrogen-bond acceptors (Lipinski definition) is 46. The maximum absolute atomic E-state index is 8.19. The molecule has 0 heterocycles. The molecule has 0 aliphatic rings. The normalized spacial score (nSPS) is 11.8. The summed E-state index contributed by atoms with van der Waals surface area (Å²) in [5.74, 6) is 0. The first kappa shape index (κ1) is 136. The van der Waals surface area contributed by atoms with Crippen molar-refractivity contribution in [3.8, 4) is 0 Å². The number of nitrogens with two attached hydrogens (primary N) is 1. The third-order valence-corrected chi connectivity index (χ3v) is 16.7. The summed E-state index contributed by atoms with van der Waals surface area (Å²) in [5.41, 5.74) is 13.5. The summed E-state index contributed by atoms with van der Waals surface area (Å²) in [4.78, 5) is 2.66. The van der Waals surface area contributed by atoms with Gasteiger partial charge in [-0.15, -0.1) is 0 Å². The van der Waals surface area contributed by atoms with Gasteiger partial charge >= 0.3 is 0 Å². The minimum atomic E-state index is 0.316. The van der Waals surface area contributed by atoms with E-state index < -0.39 is 0 Å². The molecule has 0 radical (unpaired) electrons. The van der Waals surface area contributed by atoms with Crippen LogP contribution in [0.5, 0.6) is 0 Å². The lowest BCUT2D eigenvalue weighted by Gasteiger charge is -2.09. The van der Waals surface area contributed by atoms with E-state index in [0.29, 0.717) is 594 Å². The Morgan fingerprint density at radius 3 is 0.217 bits per heavy atom. The summed E-state index contributed by atoms with van der Waals surface area (Å²) in [6.07, 6.45) is 0. The van der Waals surface area contributed by atoms with Gasteiger partial charge < -0.3 is 214 Å². The molecule has 0 fully saturated rings. The molecule has 2 N–H and O–H groups in total. The van der Waals surface area contributed by atoms with Crippen LogP contribution in [0.15, 0.2) is 5.11 Å². The summed E-state index contributed by atoms with van der Waals surface area (Å²) >= 11 is 0. The van der Waals surface area contributed by atoms with Crippen LogP contribution in [0.3, 0.4) is 0 Å². The van der Waals surface area contributed by atoms with Crippen LogP contribution in [0.25, 0.3) is 10.4 Å². The number of hydrogen-bond donors (Lipinski definition) is 1. The Bertz CT molecular complexity index is 1990. The lowest BCUT2D eigenvalue weighted by Crippen LogP contribution is -2.16. The van der Waals surface area contributed by atoms with Gasteiger partial charge in [-0.3, -0.25) is 0 Å². The molecule has 0 rings (SSSR count). The molecule has 0 bridgehead atoms. The van der Waals surface area contributed by atoms with Crippen LogP contribution in [0.2, 0.25) is 0 Å². The van der Waals surface area contributed by atoms with Gasteiger partial charge in [0.25, 0.3) is 0 Å². The lowest BCUT2D eigenvalue weighted by molar-refractivity contribution is -0.0329. The van der Waals surface area contributed by atoms with E-state index in [4.69, 9.17) is 220 Å². The summed E-state index contributed by atoms with van der Waals surface area (Å²) in [6, 6.07) is 0. The van der Waals surface area contributed by atoms with E-state index in [2.05, 4.69) is 10.0 Å². The third-order valence-electron chi connectivity index (χ3n) is 16.7. The van der Waals surface area contributed by atoms with Crippen molar-refractivity contribution >= 4 is 0 Å². The van der Waals surface area contributed by atoms with E-state index in [-0.39, 0.29) is 0 Å². The molecule has 0 aromatic heterocycles. The zero-order valence-corrected chi connectivity index (χ0v) is 83.5. The Balaban J connectivity index is 3.11. The standard InChI is InChI=1S/C90H182N4O44/c91-1-3-95-5-7-97-9-11-99-13-15-101-17-19-103-21-23-105-25-27-107-29-31-109-33-35-111-37-39-113-41-43-115-45-47-117-49-51-119-53-55-121-57-59-123-61-63-125-65-67-127-69-71-129-73-75-131-77-79-133-81-83-135-85-87-137-89-90-138-88-86-136-84-82-134-80-78-132-76-74-130-72-70-128-68-66-126-64-62-124-60-58-122-56-54-120-52-50-118-48-46-116-44-42-114-40-38-112-36-34-110-32-30-108-28-26-106-24-22-104-20-18-102-16-14-100-12-10-98-8-6-96-4-2-93-94-92/h1-91H2. The Labute approximate surface area is 821 Å². The maximum Gasteiger partial charge on any atom is 0.0701 e. The van der Waals surface area contributed by atoms with Crippen LogP contribution in [-0.4, -0.2) is 594 Å². The molecule has 0 aliphatic carbocycles. The van der Waals surface area contributed by atoms with E-state index in [0.717, 1.165) is 0 Å². The van der Waals surface area contributed by atoms with Crippen molar-refractivity contribution in [1.82, 2.24) is 0 Å². The van der Waals surface area contributed by atoms with Gasteiger partial charge in [0.15, 0.2) is 0 Å². The first-order valence-electron chi connectivity index (χ1n) is 49.0. The second kappa shape index (κ2) is 135. The van der Waals surface area contributed by atoms with E-state index in [9.17, 15) is 0 Å². The molecule has 0 aromatic carbocycles. The fourth-order valence-corrected chi connectivity index (χ4v) is 9.79. The maximum atomic E-state index is 8.19. The summed E-state index contributed by atoms with van der Waals surface area (Å²) < 4.78 is 242. The summed E-state index contributed by atoms with van der Waals surface area (Å²) in [7, 11) is 0. The molecule has 0 aromatic rings. The SMILES string of the molecule is [N-]=[N+]=NCCOCCOCCOCCOCCOCCOCCOCCOCCOCCOCCOCCOCCOCCOCCOCCOCCOCCOCCOCCOCCOCCOCCOCCOCCOCCOCCOCCOCCOCCOCCOCCOCCOCCOCCOCCOCCOCCOCCOCCOCCOCCOCCOCCOCCN. The fraction of sp³-hybridized carbons (Fsp3) is 1.00. The van der Waals surface area contributed by atoms with Crippen molar-refractivity contribution < 1.29 is 208 Å². The van der Waals surface area contributed by atoms with Gasteiger partial charge in [0.1, 0.15) is 0 Å². The Morgan fingerprint density at radius 2 is 0.159 bits per heavy atom. The van der Waals surface area contributed by atoms with Crippen molar-refractivity contribution in [3.63, 3.8) is 0 Å². The monoisotopic (exact) mass is 2020 g/mol. The molecular weight excluding hydrogens is 1840 g/mol. The van der Waals surface area contributed by atoms with Crippen molar-refractivity contribution in [2.45, 2.75) is 0 Å². The summed E-state index contributed by atoms with van der Waals surface area (Å²) in [5, 5.41) is 3.38. The highest BCUT2D eigenvalue weighted by atomic mass is 16.7. The molecule has 0 aliphatic heterocycles. The number of nitrogens with zero attached hydrogens (tertiary/aromatic N) is 3. The smallest absolute Gasteiger partial charge is 0.0701 e. The van der Waals surface area contributed by atoms with Crippen LogP contribution >= 0.6 is 0 Å². The van der Waals surface area contributed by atoms with Crippen LogP contribution in [0, 0.1) is 0 Å². The number of rotatable bonds is 134. The van der Waals surface area contributed by atoms with Gasteiger partial charge in [0.2, 0.25) is 0 Å². The average molecular weight is 2020 g/mol. The minimum Gasteiger partial charge on any atom is -0.379 e.